The quantitative estimate of drug-likeness (QED) is 0.200. The van der Waals surface area contributed by atoms with Crippen molar-refractivity contribution in [3.63, 3.8) is 0 Å². The Kier molecular flexibility index (Phi) is 12.9. The molecule has 0 bridgehead atoms. The van der Waals surface area contributed by atoms with Gasteiger partial charge in [0.05, 0.1) is 17.7 Å². The predicted octanol–water partition coefficient (Wildman–Crippen LogP) is 3.38. The Morgan fingerprint density at radius 3 is 2.86 bits per heavy atom. The van der Waals surface area contributed by atoms with E-state index in [1.165, 1.54) is 41.8 Å². The molecular weight excluding hydrogens is 583 g/mol. The van der Waals surface area contributed by atoms with E-state index in [0.717, 1.165) is 35.7 Å². The summed E-state index contributed by atoms with van der Waals surface area (Å²) in [7, 11) is 4.92. The van der Waals surface area contributed by atoms with E-state index in [4.69, 9.17) is 15.0 Å². The fourth-order valence-electron chi connectivity index (χ4n) is 3.86. The van der Waals surface area contributed by atoms with Crippen LogP contribution in [0.2, 0.25) is 0 Å². The van der Waals surface area contributed by atoms with Gasteiger partial charge in [0.1, 0.15) is 6.04 Å². The van der Waals surface area contributed by atoms with Gasteiger partial charge in [-0.1, -0.05) is 24.2 Å². The van der Waals surface area contributed by atoms with Gasteiger partial charge in [-0.15, -0.1) is 6.04 Å². The second-order valence-electron chi connectivity index (χ2n) is 8.75. The third-order valence-electron chi connectivity index (χ3n) is 6.06. The van der Waals surface area contributed by atoms with Gasteiger partial charge in [0.25, 0.3) is 5.92 Å². The number of thiazole rings is 1. The predicted molar refractivity (Wildman–Crippen MR) is 135 cm³/mol. The molecule has 2 amide bonds. The van der Waals surface area contributed by atoms with E-state index in [0.29, 0.717) is 11.7 Å². The molecule has 0 aromatic carbocycles. The van der Waals surface area contributed by atoms with Crippen LogP contribution in [0.4, 0.5) is 18.7 Å². The van der Waals surface area contributed by atoms with Gasteiger partial charge in [0.2, 0.25) is 5.96 Å². The number of likely N-dealkylation sites (tertiary alicyclic amines) is 2. The molecule has 11 nitrogen and oxygen atoms in total. The second-order valence-corrected chi connectivity index (χ2v) is 9.87. The first-order valence-electron chi connectivity index (χ1n) is 11.6. The van der Waals surface area contributed by atoms with Crippen molar-refractivity contribution in [3.8, 4) is 0 Å². The molecular formula is C22H33F2N8O3SY-. The summed E-state index contributed by atoms with van der Waals surface area (Å²) < 4.78 is 34.4. The molecule has 1 aromatic rings. The summed E-state index contributed by atoms with van der Waals surface area (Å²) in [6.07, 6.45) is 7.15. The van der Waals surface area contributed by atoms with E-state index in [9.17, 15) is 13.6 Å². The zero-order chi connectivity index (χ0) is 26.1. The normalized spacial score (nSPS) is 20.7. The zero-order valence-corrected chi connectivity index (χ0v) is 24.9. The monoisotopic (exact) mass is 616 g/mol. The van der Waals surface area contributed by atoms with Crippen molar-refractivity contribution in [3.05, 3.63) is 28.9 Å². The Hall–Kier alpha value is -1.58. The molecule has 15 heteroatoms. The number of nitrogens with one attached hydrogen (secondary N) is 2. The summed E-state index contributed by atoms with van der Waals surface area (Å²) in [6, 6.07) is -1.99. The van der Waals surface area contributed by atoms with Crippen molar-refractivity contribution in [2.75, 3.05) is 52.7 Å². The number of rotatable bonds is 8. The molecule has 37 heavy (non-hydrogen) atoms. The van der Waals surface area contributed by atoms with E-state index in [-0.39, 0.29) is 57.8 Å². The van der Waals surface area contributed by atoms with Gasteiger partial charge in [-0.25, -0.2) is 23.6 Å². The summed E-state index contributed by atoms with van der Waals surface area (Å²) >= 11 is 1.21. The molecule has 2 saturated heterocycles. The smallest absolute Gasteiger partial charge is 0.323 e. The van der Waals surface area contributed by atoms with Crippen LogP contribution in [0.5, 0.6) is 0 Å². The van der Waals surface area contributed by atoms with Crippen LogP contribution in [0.15, 0.2) is 23.5 Å². The van der Waals surface area contributed by atoms with Crippen LogP contribution in [0, 0.1) is 5.41 Å². The van der Waals surface area contributed by atoms with Crippen LogP contribution in [0.1, 0.15) is 24.1 Å². The number of aliphatic imine (C=N–C) groups is 1. The minimum Gasteiger partial charge on any atom is -0.592 e. The number of guanidine groups is 1. The maximum Gasteiger partial charge on any atom is 0.323 e. The maximum absolute atomic E-state index is 14.7. The zero-order valence-electron chi connectivity index (χ0n) is 21.3. The summed E-state index contributed by atoms with van der Waals surface area (Å²) in [5.74, 6) is -3.29. The number of likely N-dealkylation sites (N-methyl/N-ethyl adjacent to an activating group) is 1. The summed E-state index contributed by atoms with van der Waals surface area (Å²) in [4.78, 5) is 31.3. The van der Waals surface area contributed by atoms with Crippen LogP contribution in [0.3, 0.4) is 0 Å². The number of amides is 2. The standard InChI is InChI=1S/C22H33F2N8O3S.Y/c1-30-9-5-16(6-10-30)29-35-12-4-8-26-19(25)32-11-7-22(23,24)18(14-32)31(2)21(33)28-20-27-13-17(36-20)15-34-3;/h4,8,12-13,16,18,25H,5-7,9-11,14-15H2,1-3H3,(H,27,28,33);/q-1;/b12-4+,25-19?,26-8-;. The van der Waals surface area contributed by atoms with E-state index in [1.807, 2.05) is 0 Å². The van der Waals surface area contributed by atoms with E-state index in [1.54, 1.807) is 13.3 Å². The Morgan fingerprint density at radius 1 is 1.43 bits per heavy atom. The number of carbonyl (C=O) groups is 1. The molecule has 3 heterocycles. The maximum atomic E-state index is 14.7. The number of allylic oxidation sites excluding steroid dienone is 1. The van der Waals surface area contributed by atoms with E-state index < -0.39 is 24.4 Å². The molecule has 0 aliphatic carbocycles. The number of methoxy groups -OCH3 is 1. The number of hydrogen-bond donors (Lipinski definition) is 2. The number of carbonyl (C=O) groups excluding carboxylic acids is 1. The molecule has 3 rings (SSSR count). The summed E-state index contributed by atoms with van der Waals surface area (Å²) in [5.41, 5.74) is 4.15. The molecule has 0 saturated carbocycles. The van der Waals surface area contributed by atoms with Crippen LogP contribution in [0.25, 0.3) is 5.48 Å². The molecule has 2 aliphatic heterocycles. The van der Waals surface area contributed by atoms with Gasteiger partial charge >= 0.3 is 6.03 Å². The molecule has 1 radical (unpaired) electrons. The molecule has 2 N–H and O–H groups in total. The van der Waals surface area contributed by atoms with Crippen molar-refractivity contribution < 1.29 is 55.9 Å². The second kappa shape index (κ2) is 15.1. The number of nitrogens with zero attached hydrogens (tertiary/aromatic N) is 6. The average Bonchev–Trinajstić information content (AvgIpc) is 3.28. The van der Waals surface area contributed by atoms with Crippen molar-refractivity contribution in [2.45, 2.75) is 43.9 Å². The number of piperidine rings is 2. The molecule has 0 spiro atoms. The number of urea groups is 1. The first kappa shape index (κ1) is 31.6. The molecule has 1 unspecified atom stereocenters. The Labute approximate surface area is 245 Å². The van der Waals surface area contributed by atoms with Crippen molar-refractivity contribution >= 4 is 34.7 Å². The third-order valence-corrected chi connectivity index (χ3v) is 6.94. The summed E-state index contributed by atoms with van der Waals surface area (Å²) in [6.45, 7) is 2.02. The molecule has 203 valence electrons. The topological polar surface area (TPSA) is 120 Å². The number of alkyl halides is 2. The largest absolute Gasteiger partial charge is 0.592 e. The molecule has 1 aromatic heterocycles. The number of hydroxylamine groups is 1. The van der Waals surface area contributed by atoms with Gasteiger partial charge in [0, 0.05) is 78.8 Å². The van der Waals surface area contributed by atoms with Crippen molar-refractivity contribution in [1.82, 2.24) is 19.7 Å². The van der Waals surface area contributed by atoms with Crippen LogP contribution >= 0.6 is 11.3 Å². The first-order chi connectivity index (χ1) is 17.2. The minimum atomic E-state index is -3.11. The van der Waals surface area contributed by atoms with E-state index >= 15 is 0 Å². The molecule has 2 fully saturated rings. The molecule has 2 aliphatic rings. The van der Waals surface area contributed by atoms with Crippen LogP contribution in [-0.2, 0) is 48.9 Å². The number of ether oxygens (including phenoxy) is 1. The summed E-state index contributed by atoms with van der Waals surface area (Å²) in [5, 5.41) is 11.0. The Balaban J connectivity index is 0.00000481. The third kappa shape index (κ3) is 9.59. The first-order valence-corrected chi connectivity index (χ1v) is 12.4. The van der Waals surface area contributed by atoms with Crippen molar-refractivity contribution in [2.24, 2.45) is 4.99 Å². The average molecular weight is 617 g/mol. The van der Waals surface area contributed by atoms with Crippen LogP contribution in [-0.4, -0.2) is 103 Å². The van der Waals surface area contributed by atoms with Gasteiger partial charge < -0.3 is 29.8 Å². The Morgan fingerprint density at radius 2 is 2.16 bits per heavy atom. The van der Waals surface area contributed by atoms with Gasteiger partial charge in [0.15, 0.2) is 5.13 Å². The number of anilines is 1. The van der Waals surface area contributed by atoms with E-state index in [2.05, 4.69) is 32.7 Å². The minimum absolute atomic E-state index is 0. The number of hydrogen-bond acceptors (Lipinski definition) is 7. The number of aromatic nitrogens is 1. The Bertz CT molecular complexity index is 943. The van der Waals surface area contributed by atoms with Gasteiger partial charge in [-0.3, -0.25) is 10.7 Å². The number of halogens is 2. The van der Waals surface area contributed by atoms with Crippen LogP contribution < -0.4 is 5.32 Å². The van der Waals surface area contributed by atoms with Gasteiger partial charge in [-0.2, -0.15) is 0 Å². The van der Waals surface area contributed by atoms with Gasteiger partial charge in [-0.05, 0) is 26.2 Å². The van der Waals surface area contributed by atoms with Crippen molar-refractivity contribution in [1.29, 1.82) is 5.41 Å². The molecule has 1 atom stereocenters. The fourth-order valence-corrected chi connectivity index (χ4v) is 4.64. The fraction of sp³-hybridized carbons (Fsp3) is 0.636. The SMILES string of the molecule is COCc1cnc(NC(=O)N(C)C2CN(C(=N)/N=C\C=C\O[N-]C3CCN(C)CC3)CCC2(F)F)s1.[Y].